The van der Waals surface area contributed by atoms with Crippen molar-refractivity contribution in [3.8, 4) is 0 Å². The molecule has 0 radical (unpaired) electrons. The highest BCUT2D eigenvalue weighted by molar-refractivity contribution is 7.87. The van der Waals surface area contributed by atoms with Crippen molar-refractivity contribution >= 4 is 64.1 Å². The van der Waals surface area contributed by atoms with Crippen LogP contribution in [0.3, 0.4) is 0 Å². The molecule has 0 fully saturated rings. The van der Waals surface area contributed by atoms with Crippen molar-refractivity contribution in [3.05, 3.63) is 84.9 Å². The highest BCUT2D eigenvalue weighted by Crippen LogP contribution is 2.34. The van der Waals surface area contributed by atoms with Gasteiger partial charge in [-0.25, -0.2) is 4.31 Å². The van der Waals surface area contributed by atoms with Gasteiger partial charge in [0.1, 0.15) is 4.90 Å². The van der Waals surface area contributed by atoms with Crippen LogP contribution in [0.15, 0.2) is 94.7 Å². The summed E-state index contributed by atoms with van der Waals surface area (Å²) in [5, 5.41) is 1.47. The first-order valence-electron chi connectivity index (χ1n) is 10.0. The van der Waals surface area contributed by atoms with Crippen molar-refractivity contribution in [1.82, 2.24) is 0 Å². The van der Waals surface area contributed by atoms with E-state index in [2.05, 4.69) is 0 Å². The zero-order valence-electron chi connectivity index (χ0n) is 18.7. The predicted molar refractivity (Wildman–Crippen MR) is 139 cm³/mol. The maximum atomic E-state index is 11.9. The fourth-order valence-corrected chi connectivity index (χ4v) is 5.25. The van der Waals surface area contributed by atoms with Crippen LogP contribution in [0.2, 0.25) is 0 Å². The number of benzene rings is 4. The van der Waals surface area contributed by atoms with Gasteiger partial charge >= 0.3 is 10.3 Å². The molecule has 0 saturated heterocycles. The van der Waals surface area contributed by atoms with E-state index < -0.39 is 46.0 Å². The average Bonchev–Trinajstić information content (AvgIpc) is 2.78. The molecule has 0 amide bonds. The predicted octanol–water partition coefficient (Wildman–Crippen LogP) is 3.13. The Hall–Kier alpha value is -3.73. The van der Waals surface area contributed by atoms with Crippen molar-refractivity contribution < 1.29 is 38.9 Å². The molecule has 0 aliphatic carbocycles. The molecule has 0 aliphatic rings. The van der Waals surface area contributed by atoms with Gasteiger partial charge < -0.3 is 11.5 Å². The van der Waals surface area contributed by atoms with E-state index in [0.717, 1.165) is 27.9 Å². The van der Waals surface area contributed by atoms with Gasteiger partial charge in [-0.15, -0.1) is 0 Å². The van der Waals surface area contributed by atoms with E-state index in [-0.39, 0.29) is 0 Å². The molecular formula is C22H21N3O9S3. The van der Waals surface area contributed by atoms with E-state index in [1.54, 1.807) is 60.7 Å². The molecule has 37 heavy (non-hydrogen) atoms. The van der Waals surface area contributed by atoms with Crippen LogP contribution < -0.4 is 15.8 Å². The second kappa shape index (κ2) is 10.3. The molecule has 7 N–H and O–H groups in total. The molecule has 0 heterocycles. The van der Waals surface area contributed by atoms with Crippen molar-refractivity contribution in [2.24, 2.45) is 0 Å². The zero-order chi connectivity index (χ0) is 27.6. The molecule has 4 aromatic rings. The number of para-hydroxylation sites is 1. The Morgan fingerprint density at radius 3 is 1.84 bits per heavy atom. The third-order valence-corrected chi connectivity index (χ3v) is 7.52. The third kappa shape index (κ3) is 6.73. The van der Waals surface area contributed by atoms with Gasteiger partial charge in [0.25, 0.3) is 20.2 Å². The third-order valence-electron chi connectivity index (χ3n) is 4.88. The fourth-order valence-electron chi connectivity index (χ4n) is 3.34. The van der Waals surface area contributed by atoms with Gasteiger partial charge in [-0.1, -0.05) is 36.4 Å². The van der Waals surface area contributed by atoms with Crippen molar-refractivity contribution in [1.29, 1.82) is 0 Å². The van der Waals surface area contributed by atoms with Gasteiger partial charge in [0.15, 0.2) is 0 Å². The molecule has 0 aromatic heterocycles. The molecule has 0 bridgehead atoms. The summed E-state index contributed by atoms with van der Waals surface area (Å²) in [5.74, 6) is 0. The van der Waals surface area contributed by atoms with E-state index in [1.807, 2.05) is 6.07 Å². The summed E-state index contributed by atoms with van der Waals surface area (Å²) < 4.78 is 94.3. The van der Waals surface area contributed by atoms with E-state index >= 15 is 0 Å². The molecule has 0 saturated carbocycles. The Morgan fingerprint density at radius 2 is 1.30 bits per heavy atom. The highest BCUT2D eigenvalue weighted by Gasteiger charge is 2.23. The number of rotatable bonds is 5. The number of nitrogens with zero attached hydrogens (tertiary/aromatic N) is 1. The van der Waals surface area contributed by atoms with Gasteiger partial charge in [0, 0.05) is 11.1 Å². The molecule has 4 aromatic carbocycles. The molecular weight excluding hydrogens is 546 g/mol. The number of fused-ring (bicyclic) bond motifs is 1. The summed E-state index contributed by atoms with van der Waals surface area (Å²) in [5.41, 5.74) is 11.8. The van der Waals surface area contributed by atoms with E-state index in [0.29, 0.717) is 22.4 Å². The topological polar surface area (TPSA) is 218 Å². The molecule has 0 aliphatic heterocycles. The SMILES string of the molecule is Nc1cc(S(=O)(=O)O)ccc1S(=O)(=O)O.Nc1ccc2c(N(c3ccccc3)S(=O)(=O)O)cccc2c1. The van der Waals surface area contributed by atoms with E-state index in [4.69, 9.17) is 20.6 Å². The quantitative estimate of drug-likeness (QED) is 0.174. The lowest BCUT2D eigenvalue weighted by Crippen LogP contribution is -2.25. The Morgan fingerprint density at radius 1 is 0.649 bits per heavy atom. The Kier molecular flexibility index (Phi) is 7.78. The minimum absolute atomic E-state index is 0.356. The minimum atomic E-state index is -4.50. The lowest BCUT2D eigenvalue weighted by atomic mass is 10.1. The highest BCUT2D eigenvalue weighted by atomic mass is 32.2. The number of hydrogen-bond acceptors (Lipinski definition) is 8. The van der Waals surface area contributed by atoms with Gasteiger partial charge in [0.05, 0.1) is 22.0 Å². The lowest BCUT2D eigenvalue weighted by molar-refractivity contribution is 0.479. The number of nitrogens with two attached hydrogens (primary N) is 2. The van der Waals surface area contributed by atoms with Crippen LogP contribution in [-0.4, -0.2) is 38.9 Å². The molecule has 0 atom stereocenters. The van der Waals surface area contributed by atoms with Crippen molar-refractivity contribution in [2.45, 2.75) is 9.79 Å². The molecule has 4 rings (SSSR count). The maximum absolute atomic E-state index is 11.9. The molecule has 196 valence electrons. The van der Waals surface area contributed by atoms with Gasteiger partial charge in [-0.05, 0) is 53.9 Å². The number of anilines is 4. The largest absolute Gasteiger partial charge is 0.399 e. The summed E-state index contributed by atoms with van der Waals surface area (Å²) in [6, 6.07) is 21.1. The lowest BCUT2D eigenvalue weighted by Gasteiger charge is -2.22. The first-order chi connectivity index (χ1) is 17.1. The summed E-state index contributed by atoms with van der Waals surface area (Å²) in [6.45, 7) is 0. The number of nitrogen functional groups attached to an aromatic ring is 2. The normalized spacial score (nSPS) is 12.0. The Labute approximate surface area is 213 Å². The first kappa shape index (κ1) is 27.9. The zero-order valence-corrected chi connectivity index (χ0v) is 21.2. The molecule has 0 unspecified atom stereocenters. The van der Waals surface area contributed by atoms with Crippen molar-refractivity contribution in [3.63, 3.8) is 0 Å². The second-order valence-corrected chi connectivity index (χ2v) is 11.6. The maximum Gasteiger partial charge on any atom is 0.364 e. The smallest absolute Gasteiger partial charge is 0.364 e. The van der Waals surface area contributed by atoms with Crippen LogP contribution in [0, 0.1) is 0 Å². The summed E-state index contributed by atoms with van der Waals surface area (Å²) >= 11 is 0. The fraction of sp³-hybridized carbons (Fsp3) is 0. The second-order valence-electron chi connectivity index (χ2n) is 7.49. The van der Waals surface area contributed by atoms with Crippen LogP contribution >= 0.6 is 0 Å². The summed E-state index contributed by atoms with van der Waals surface area (Å²) in [7, 11) is -13.4. The summed E-state index contributed by atoms with van der Waals surface area (Å²) in [4.78, 5) is -1.16. The van der Waals surface area contributed by atoms with Gasteiger partial charge in [0.2, 0.25) is 0 Å². The molecule has 12 nitrogen and oxygen atoms in total. The van der Waals surface area contributed by atoms with Gasteiger partial charge in [-0.2, -0.15) is 25.3 Å². The van der Waals surface area contributed by atoms with E-state index in [9.17, 15) is 29.8 Å². The first-order valence-corrected chi connectivity index (χ1v) is 14.3. The van der Waals surface area contributed by atoms with E-state index in [1.165, 1.54) is 0 Å². The molecule has 0 spiro atoms. The van der Waals surface area contributed by atoms with Crippen LogP contribution in [0.25, 0.3) is 10.8 Å². The van der Waals surface area contributed by atoms with Crippen LogP contribution in [0.5, 0.6) is 0 Å². The summed E-state index contributed by atoms with van der Waals surface area (Å²) in [6.07, 6.45) is 0. The average molecular weight is 568 g/mol. The standard InChI is InChI=1S/C16H14N2O3S.C6H7NO6S2/c17-13-9-10-15-12(11-13)5-4-8-16(15)18(22(19,20)21)14-6-2-1-3-7-14;7-5-3-4(14(8,9)10)1-2-6(5)15(11,12)13/h1-11H,17H2,(H,19,20,21);1-3H,7H2,(H,8,9,10)(H,11,12,13). The van der Waals surface area contributed by atoms with Crippen LogP contribution in [-0.2, 0) is 30.5 Å². The molecule has 15 heteroatoms. The van der Waals surface area contributed by atoms with Gasteiger partial charge in [-0.3, -0.25) is 13.7 Å². The van der Waals surface area contributed by atoms with Crippen LogP contribution in [0.4, 0.5) is 22.7 Å². The van der Waals surface area contributed by atoms with Crippen molar-refractivity contribution in [2.75, 3.05) is 15.8 Å². The monoisotopic (exact) mass is 567 g/mol. The Bertz CT molecular complexity index is 1780. The number of hydrogen-bond donors (Lipinski definition) is 5. The van der Waals surface area contributed by atoms with Crippen LogP contribution in [0.1, 0.15) is 0 Å². The minimum Gasteiger partial charge on any atom is -0.399 e. The Balaban J connectivity index is 0.000000222.